The third-order valence-corrected chi connectivity index (χ3v) is 2.84. The van der Waals surface area contributed by atoms with Crippen molar-refractivity contribution in [1.29, 1.82) is 0 Å². The van der Waals surface area contributed by atoms with Crippen molar-refractivity contribution in [1.82, 2.24) is 0 Å². The first-order valence-corrected chi connectivity index (χ1v) is 5.61. The van der Waals surface area contributed by atoms with Crippen molar-refractivity contribution in [2.45, 2.75) is 70.7 Å². The summed E-state index contributed by atoms with van der Waals surface area (Å²) in [6.07, 6.45) is 1.43. The Labute approximate surface area is 86.8 Å². The van der Waals surface area contributed by atoms with Gasteiger partial charge in [0.05, 0.1) is 12.2 Å². The van der Waals surface area contributed by atoms with Crippen molar-refractivity contribution < 1.29 is 15.3 Å². The van der Waals surface area contributed by atoms with E-state index in [-0.39, 0.29) is 0 Å². The zero-order valence-electron chi connectivity index (χ0n) is 9.53. The maximum atomic E-state index is 10.1. The van der Waals surface area contributed by atoms with Crippen LogP contribution in [0.25, 0.3) is 0 Å². The minimum absolute atomic E-state index is 0.384. The summed E-state index contributed by atoms with van der Waals surface area (Å²) in [5.74, 6) is 0. The van der Waals surface area contributed by atoms with Gasteiger partial charge in [0.1, 0.15) is 5.60 Å². The summed E-state index contributed by atoms with van der Waals surface area (Å²) in [6, 6.07) is 0. The lowest BCUT2D eigenvalue weighted by atomic mass is 9.83. The first kappa shape index (κ1) is 13.9. The molecule has 0 aromatic heterocycles. The van der Waals surface area contributed by atoms with Gasteiger partial charge in [-0.2, -0.15) is 0 Å². The maximum Gasteiger partial charge on any atom is 0.116 e. The fraction of sp³-hybridized carbons (Fsp3) is 1.00. The topological polar surface area (TPSA) is 60.7 Å². The summed E-state index contributed by atoms with van der Waals surface area (Å²) in [5, 5.41) is 29.6. The molecule has 0 aliphatic carbocycles. The van der Waals surface area contributed by atoms with Crippen LogP contribution in [0, 0.1) is 0 Å². The van der Waals surface area contributed by atoms with Gasteiger partial charge in [-0.05, 0) is 19.3 Å². The third kappa shape index (κ3) is 3.23. The van der Waals surface area contributed by atoms with Crippen molar-refractivity contribution in [2.75, 3.05) is 0 Å². The standard InChI is InChI=1S/C11H24O3/c1-4-7-9(12)11(14,6-3)10(13)8-5-2/h9-10,12-14H,4-8H2,1-3H3. The summed E-state index contributed by atoms with van der Waals surface area (Å²) >= 11 is 0. The number of rotatable bonds is 7. The predicted molar refractivity (Wildman–Crippen MR) is 57.1 cm³/mol. The van der Waals surface area contributed by atoms with Crippen LogP contribution in [0.4, 0.5) is 0 Å². The van der Waals surface area contributed by atoms with E-state index in [2.05, 4.69) is 0 Å². The Balaban J connectivity index is 4.42. The summed E-state index contributed by atoms with van der Waals surface area (Å²) < 4.78 is 0. The lowest BCUT2D eigenvalue weighted by molar-refractivity contribution is -0.151. The molecule has 2 unspecified atom stereocenters. The Hall–Kier alpha value is -0.120. The van der Waals surface area contributed by atoms with Gasteiger partial charge in [0.25, 0.3) is 0 Å². The van der Waals surface area contributed by atoms with Crippen molar-refractivity contribution in [3.8, 4) is 0 Å². The van der Waals surface area contributed by atoms with Gasteiger partial charge < -0.3 is 15.3 Å². The lowest BCUT2D eigenvalue weighted by Crippen LogP contribution is -2.51. The molecule has 0 aromatic rings. The summed E-state index contributed by atoms with van der Waals surface area (Å²) in [4.78, 5) is 0. The molecule has 0 rings (SSSR count). The molecule has 14 heavy (non-hydrogen) atoms. The second kappa shape index (κ2) is 6.38. The summed E-state index contributed by atoms with van der Waals surface area (Å²) in [6.45, 7) is 5.69. The maximum absolute atomic E-state index is 10.1. The summed E-state index contributed by atoms with van der Waals surface area (Å²) in [5.41, 5.74) is -1.33. The molecule has 0 aliphatic heterocycles. The van der Waals surface area contributed by atoms with E-state index in [4.69, 9.17) is 0 Å². The largest absolute Gasteiger partial charge is 0.390 e. The Bertz CT molecular complexity index is 135. The Morgan fingerprint density at radius 1 is 0.929 bits per heavy atom. The van der Waals surface area contributed by atoms with Gasteiger partial charge in [-0.3, -0.25) is 0 Å². The van der Waals surface area contributed by atoms with E-state index in [1.165, 1.54) is 0 Å². The van der Waals surface area contributed by atoms with Crippen molar-refractivity contribution in [2.24, 2.45) is 0 Å². The number of hydrogen-bond acceptors (Lipinski definition) is 3. The fourth-order valence-corrected chi connectivity index (χ4v) is 1.74. The van der Waals surface area contributed by atoms with Gasteiger partial charge in [-0.15, -0.1) is 0 Å². The highest BCUT2D eigenvalue weighted by Crippen LogP contribution is 2.25. The van der Waals surface area contributed by atoms with Crippen LogP contribution >= 0.6 is 0 Å². The van der Waals surface area contributed by atoms with E-state index in [0.717, 1.165) is 12.8 Å². The van der Waals surface area contributed by atoms with E-state index in [0.29, 0.717) is 19.3 Å². The molecule has 0 radical (unpaired) electrons. The minimum atomic E-state index is -1.33. The highest BCUT2D eigenvalue weighted by atomic mass is 16.4. The fourth-order valence-electron chi connectivity index (χ4n) is 1.74. The van der Waals surface area contributed by atoms with Crippen LogP contribution in [-0.2, 0) is 0 Å². The molecule has 3 heteroatoms. The van der Waals surface area contributed by atoms with E-state index < -0.39 is 17.8 Å². The minimum Gasteiger partial charge on any atom is -0.390 e. The molecule has 0 heterocycles. The molecule has 0 fully saturated rings. The molecule has 0 aromatic carbocycles. The van der Waals surface area contributed by atoms with E-state index >= 15 is 0 Å². The smallest absolute Gasteiger partial charge is 0.116 e. The zero-order valence-corrected chi connectivity index (χ0v) is 9.53. The molecule has 0 bridgehead atoms. The van der Waals surface area contributed by atoms with E-state index in [1.807, 2.05) is 13.8 Å². The van der Waals surface area contributed by atoms with Crippen LogP contribution in [0.5, 0.6) is 0 Å². The molecule has 2 atom stereocenters. The number of aliphatic hydroxyl groups is 3. The molecule has 86 valence electrons. The van der Waals surface area contributed by atoms with E-state index in [9.17, 15) is 15.3 Å². The van der Waals surface area contributed by atoms with Crippen molar-refractivity contribution in [3.63, 3.8) is 0 Å². The van der Waals surface area contributed by atoms with Gasteiger partial charge in [0.2, 0.25) is 0 Å². The van der Waals surface area contributed by atoms with Crippen LogP contribution < -0.4 is 0 Å². The normalized spacial score (nSPS) is 20.1. The molecule has 0 amide bonds. The Kier molecular flexibility index (Phi) is 6.33. The average molecular weight is 204 g/mol. The SMILES string of the molecule is CCCC(O)C(O)(CC)C(O)CCC. The Morgan fingerprint density at radius 3 is 1.50 bits per heavy atom. The van der Waals surface area contributed by atoms with Crippen LogP contribution in [0.1, 0.15) is 52.9 Å². The van der Waals surface area contributed by atoms with E-state index in [1.54, 1.807) is 6.92 Å². The number of aliphatic hydroxyl groups excluding tert-OH is 2. The quantitative estimate of drug-likeness (QED) is 0.588. The lowest BCUT2D eigenvalue weighted by Gasteiger charge is -2.36. The number of hydrogen-bond donors (Lipinski definition) is 3. The molecule has 0 aliphatic rings. The molecule has 3 N–H and O–H groups in total. The highest BCUT2D eigenvalue weighted by Gasteiger charge is 2.39. The van der Waals surface area contributed by atoms with Gasteiger partial charge >= 0.3 is 0 Å². The third-order valence-electron chi connectivity index (χ3n) is 2.84. The van der Waals surface area contributed by atoms with Crippen LogP contribution in [0.3, 0.4) is 0 Å². The van der Waals surface area contributed by atoms with Crippen LogP contribution in [-0.4, -0.2) is 33.1 Å². The molecule has 0 saturated heterocycles. The van der Waals surface area contributed by atoms with Crippen LogP contribution in [0.15, 0.2) is 0 Å². The summed E-state index contributed by atoms with van der Waals surface area (Å²) in [7, 11) is 0. The average Bonchev–Trinajstić information content (AvgIpc) is 2.17. The predicted octanol–water partition coefficient (Wildman–Crippen LogP) is 1.45. The first-order chi connectivity index (χ1) is 6.52. The van der Waals surface area contributed by atoms with Gasteiger partial charge in [0, 0.05) is 0 Å². The molecule has 0 saturated carbocycles. The molecular formula is C11H24O3. The highest BCUT2D eigenvalue weighted by molar-refractivity contribution is 4.91. The van der Waals surface area contributed by atoms with Crippen LogP contribution in [0.2, 0.25) is 0 Å². The van der Waals surface area contributed by atoms with Crippen molar-refractivity contribution in [3.05, 3.63) is 0 Å². The molecular weight excluding hydrogens is 180 g/mol. The van der Waals surface area contributed by atoms with Gasteiger partial charge in [0.15, 0.2) is 0 Å². The first-order valence-electron chi connectivity index (χ1n) is 5.61. The zero-order chi connectivity index (χ0) is 11.2. The van der Waals surface area contributed by atoms with Gasteiger partial charge in [-0.25, -0.2) is 0 Å². The van der Waals surface area contributed by atoms with Gasteiger partial charge in [-0.1, -0.05) is 33.6 Å². The molecule has 3 nitrogen and oxygen atoms in total. The Morgan fingerprint density at radius 2 is 1.29 bits per heavy atom. The monoisotopic (exact) mass is 204 g/mol. The second-order valence-corrected chi connectivity index (χ2v) is 3.95. The molecule has 0 spiro atoms. The second-order valence-electron chi connectivity index (χ2n) is 3.95. The van der Waals surface area contributed by atoms with Crippen molar-refractivity contribution >= 4 is 0 Å².